The third-order valence-electron chi connectivity index (χ3n) is 14.7. The number of carbonyl (C=O) groups is 1. The fourth-order valence-electron chi connectivity index (χ4n) is 8.72. The fraction of sp³-hybridized carbons (Fsp3) is 0.393. The summed E-state index contributed by atoms with van der Waals surface area (Å²) in [6.45, 7) is 48.2. The van der Waals surface area contributed by atoms with Crippen molar-refractivity contribution >= 4 is 62.7 Å². The highest BCUT2D eigenvalue weighted by Crippen LogP contribution is 2.31. The number of aromatic amines is 1. The van der Waals surface area contributed by atoms with E-state index >= 15 is 0 Å². The quantitative estimate of drug-likeness (QED) is 0.0865. The molecular weight excluding hydrogens is 1360 g/mol. The van der Waals surface area contributed by atoms with Crippen LogP contribution in [0.2, 0.25) is 0 Å². The summed E-state index contributed by atoms with van der Waals surface area (Å²) in [4.78, 5) is 39.9. The van der Waals surface area contributed by atoms with E-state index < -0.39 is 0 Å². The highest BCUT2D eigenvalue weighted by atomic mass is 32.1. The van der Waals surface area contributed by atoms with Crippen LogP contribution in [0.15, 0.2) is 160 Å². The van der Waals surface area contributed by atoms with Crippen molar-refractivity contribution in [3.8, 4) is 39.5 Å². The van der Waals surface area contributed by atoms with Gasteiger partial charge in [0.15, 0.2) is 11.6 Å². The summed E-state index contributed by atoms with van der Waals surface area (Å²) in [6.07, 6.45) is 0. The third kappa shape index (κ3) is 30.1. The van der Waals surface area contributed by atoms with Gasteiger partial charge in [0, 0.05) is 91.2 Å². The molecule has 0 saturated heterocycles. The van der Waals surface area contributed by atoms with E-state index in [1.807, 2.05) is 94.6 Å². The Bertz CT molecular complexity index is 4190. The second-order valence-electron chi connectivity index (χ2n) is 26.7. The number of H-pyrrole nitrogens is 1. The van der Waals surface area contributed by atoms with E-state index in [1.165, 1.54) is 71.4 Å². The molecule has 1 N–H and O–H groups in total. The Morgan fingerprint density at radius 3 is 1.39 bits per heavy atom. The molecule has 12 aromatic rings. The Balaban J connectivity index is 0.000000306. The Hall–Kier alpha value is -8.00. The van der Waals surface area contributed by atoms with Crippen LogP contribution in [-0.4, -0.2) is 51.2 Å². The summed E-state index contributed by atoms with van der Waals surface area (Å²) < 4.78 is 23.6. The van der Waals surface area contributed by atoms with E-state index in [0.29, 0.717) is 69.4 Å². The molecule has 0 spiro atoms. The third-order valence-corrected chi connectivity index (χ3v) is 20.4. The number of ether oxygens (including phenoxy) is 1. The highest BCUT2D eigenvalue weighted by Gasteiger charge is 2.15. The topological polar surface area (TPSA) is 158 Å². The average molecular weight is 1480 g/mol. The Morgan fingerprint density at radius 2 is 0.961 bits per heavy atom. The molecule has 12 nitrogen and oxygen atoms in total. The molecule has 7 aromatic heterocycles. The van der Waals surface area contributed by atoms with Gasteiger partial charge in [-0.25, -0.2) is 34.1 Å². The average Bonchev–Trinajstić information content (AvgIpc) is 1.63. The zero-order chi connectivity index (χ0) is 73.8. The van der Waals surface area contributed by atoms with Gasteiger partial charge in [0.25, 0.3) is 0 Å². The minimum Gasteiger partial charge on any atom is -0.422 e. The van der Waals surface area contributed by atoms with Crippen molar-refractivity contribution in [2.24, 2.45) is 0 Å². The van der Waals surface area contributed by atoms with Gasteiger partial charge in [0.05, 0.1) is 37.1 Å². The van der Waals surface area contributed by atoms with Gasteiger partial charge in [0.1, 0.15) is 22.3 Å². The monoisotopic (exact) mass is 1470 g/mol. The molecule has 0 aliphatic heterocycles. The number of thiophene rings is 1. The van der Waals surface area contributed by atoms with E-state index in [2.05, 4.69) is 229 Å². The van der Waals surface area contributed by atoms with E-state index in [0.717, 1.165) is 50.1 Å². The van der Waals surface area contributed by atoms with Crippen LogP contribution < -0.4 is 4.74 Å². The van der Waals surface area contributed by atoms with Crippen LogP contribution in [0, 0.1) is 54.3 Å². The predicted octanol–water partition coefficient (Wildman–Crippen LogP) is 26.7. The SMILES string of the molecule is C.C.CC(C)c1nc(-c2ccccc2)cs1.CC(C)c1nc(-c2ccccc2F)cs1.Cc1ccc(C(=O)Oc2cccc(C(C)C)c2)s1.Cc1ccc(C(C)C)cc1.Cc1ccc(C)c(-c2csc(C(C)C)n2)c1.Cc1csc(C(C)C)n1.Cc1nc(C(C)C)n[nH]1.Cc1nc(C(C)C)no1. The normalized spacial score (nSPS) is 10.5. The maximum absolute atomic E-state index is 13.5. The number of aromatic nitrogens is 9. The lowest BCUT2D eigenvalue weighted by Crippen LogP contribution is -2.06. The molecule has 0 saturated carbocycles. The van der Waals surface area contributed by atoms with Gasteiger partial charge in [-0.3, -0.25) is 5.10 Å². The minimum atomic E-state index is -0.283. The molecule has 0 atom stereocenters. The summed E-state index contributed by atoms with van der Waals surface area (Å²) in [5.41, 5.74) is 13.7. The first-order chi connectivity index (χ1) is 47.4. The van der Waals surface area contributed by atoms with Crippen molar-refractivity contribution in [1.29, 1.82) is 0 Å². The molecule has 0 radical (unpaired) electrons. The zero-order valence-electron chi connectivity index (χ0n) is 62.9. The lowest BCUT2D eigenvalue weighted by atomic mass is 10.0. The molecule has 5 aromatic carbocycles. The molecule has 548 valence electrons. The number of nitrogens with zero attached hydrogens (tertiary/aromatic N) is 8. The van der Waals surface area contributed by atoms with Crippen molar-refractivity contribution in [3.05, 3.63) is 247 Å². The molecule has 7 heterocycles. The number of hydrogen-bond donors (Lipinski definition) is 1. The van der Waals surface area contributed by atoms with E-state index in [4.69, 9.17) is 14.2 Å². The molecule has 0 fully saturated rings. The highest BCUT2D eigenvalue weighted by molar-refractivity contribution is 7.14. The molecule has 0 aliphatic rings. The zero-order valence-corrected chi connectivity index (χ0v) is 66.9. The molecule has 18 heteroatoms. The number of nitrogens with one attached hydrogen (secondary N) is 1. The standard InChI is InChI=1S/C15H16O2S.C14H17NS.C12H12FNS.C12H13NS.C10H14.C7H11NS.C6H11N3.C6H10N2O.2CH4/c1-10(2)12-5-4-6-13(9-12)17-15(16)14-8-7-11(3)18-14;1-9(2)14-15-13(8-16-14)12-7-10(3)5-6-11(12)4;1-8(2)12-14-11(7-15-12)9-5-3-4-6-10(9)13;1-9(2)12-13-11(8-14-12)10-6-4-3-5-7-10;1-8(2)10-6-4-9(3)5-7-10;1-5(2)7-8-6(3)4-9-7;1-4(2)6-7-5(3)8-9-6;1-4(2)6-7-5(3)9-8-6;;/h4-10H,1-3H3;5-9H,1-4H3;3-8H,1-2H3;3-9H,1-2H3;4-8H,1-3H3;4-5H,1-3H3;4H,1-3H3,(H,7,8,9);4H,1-3H3;2*1H4. The molecule has 0 bridgehead atoms. The smallest absolute Gasteiger partial charge is 0.353 e. The summed E-state index contributed by atoms with van der Waals surface area (Å²) in [7, 11) is 0. The molecule has 12 rings (SSSR count). The number of esters is 1. The summed E-state index contributed by atoms with van der Waals surface area (Å²) >= 11 is 8.28. The number of carbonyl (C=O) groups excluding carboxylic acids is 1. The van der Waals surface area contributed by atoms with Gasteiger partial charge in [-0.1, -0.05) is 233 Å². The maximum atomic E-state index is 13.5. The van der Waals surface area contributed by atoms with Crippen molar-refractivity contribution in [1.82, 2.24) is 45.3 Å². The second-order valence-corrected chi connectivity index (χ2v) is 31.5. The van der Waals surface area contributed by atoms with Crippen LogP contribution >= 0.6 is 56.7 Å². The van der Waals surface area contributed by atoms with Crippen LogP contribution in [0.3, 0.4) is 0 Å². The van der Waals surface area contributed by atoms with Crippen LogP contribution in [0.25, 0.3) is 33.8 Å². The van der Waals surface area contributed by atoms with Crippen LogP contribution in [0.5, 0.6) is 5.75 Å². The first kappa shape index (κ1) is 88.2. The molecule has 102 heavy (non-hydrogen) atoms. The van der Waals surface area contributed by atoms with Crippen molar-refractivity contribution in [3.63, 3.8) is 0 Å². The number of halogens is 1. The van der Waals surface area contributed by atoms with Gasteiger partial charge in [-0.15, -0.1) is 56.7 Å². The second kappa shape index (κ2) is 44.5. The van der Waals surface area contributed by atoms with Gasteiger partial charge in [-0.05, 0) is 113 Å². The Labute approximate surface area is 630 Å². The summed E-state index contributed by atoms with van der Waals surface area (Å²) in [6, 6.07) is 43.7. The number of hydrogen-bond acceptors (Lipinski definition) is 16. The van der Waals surface area contributed by atoms with Crippen molar-refractivity contribution < 1.29 is 18.4 Å². The molecular formula is C84H112FN9O3S5. The fourth-order valence-corrected chi connectivity index (χ4v) is 12.8. The number of benzene rings is 5. The van der Waals surface area contributed by atoms with Crippen molar-refractivity contribution in [2.75, 3.05) is 0 Å². The first-order valence-corrected chi connectivity index (χ1v) is 38.5. The predicted molar refractivity (Wildman–Crippen MR) is 437 cm³/mol. The van der Waals surface area contributed by atoms with E-state index in [1.54, 1.807) is 70.5 Å². The van der Waals surface area contributed by atoms with E-state index in [9.17, 15) is 9.18 Å². The summed E-state index contributed by atoms with van der Waals surface area (Å²) in [5, 5.41) is 23.5. The minimum absolute atomic E-state index is 0. The van der Waals surface area contributed by atoms with Crippen LogP contribution in [0.4, 0.5) is 4.39 Å². The largest absolute Gasteiger partial charge is 0.422 e. The van der Waals surface area contributed by atoms with Crippen molar-refractivity contribution in [2.45, 2.75) is 221 Å². The van der Waals surface area contributed by atoms with Crippen LogP contribution in [-0.2, 0) is 0 Å². The number of thiazole rings is 4. The maximum Gasteiger partial charge on any atom is 0.353 e. The Morgan fingerprint density at radius 1 is 0.451 bits per heavy atom. The Kier molecular flexibility index (Phi) is 38.5. The summed E-state index contributed by atoms with van der Waals surface area (Å²) in [5.74, 6) is 7.22. The van der Waals surface area contributed by atoms with Gasteiger partial charge in [-0.2, -0.15) is 10.1 Å². The lowest BCUT2D eigenvalue weighted by Gasteiger charge is -2.08. The van der Waals surface area contributed by atoms with Gasteiger partial charge in [0.2, 0.25) is 5.89 Å². The number of rotatable bonds is 13. The van der Waals surface area contributed by atoms with Crippen LogP contribution in [0.1, 0.15) is 264 Å². The molecule has 0 aliphatic carbocycles. The van der Waals surface area contributed by atoms with Gasteiger partial charge >= 0.3 is 5.97 Å². The lowest BCUT2D eigenvalue weighted by molar-refractivity contribution is 0.0739. The number of aryl methyl sites for hydroxylation is 7. The molecule has 0 unspecified atom stereocenters. The van der Waals surface area contributed by atoms with Gasteiger partial charge < -0.3 is 9.26 Å². The van der Waals surface area contributed by atoms with E-state index in [-0.39, 0.29) is 26.6 Å². The first-order valence-electron chi connectivity index (χ1n) is 34.2. The molecule has 0 amide bonds.